The zero-order valence-corrected chi connectivity index (χ0v) is 16.4. The van der Waals surface area contributed by atoms with Crippen molar-refractivity contribution in [3.63, 3.8) is 0 Å². The number of nitrogens with one attached hydrogen (secondary N) is 1. The van der Waals surface area contributed by atoms with Crippen molar-refractivity contribution in [2.45, 2.75) is 18.9 Å². The Hall–Kier alpha value is -3.05. The molecule has 1 aliphatic rings. The number of carbonyl (C=O) groups excluding carboxylic acids is 1. The molecule has 150 valence electrons. The van der Waals surface area contributed by atoms with Crippen LogP contribution in [0.4, 0.5) is 0 Å². The highest BCUT2D eigenvalue weighted by molar-refractivity contribution is 5.78. The lowest BCUT2D eigenvalue weighted by Gasteiger charge is -2.26. The second kappa shape index (κ2) is 9.43. The van der Waals surface area contributed by atoms with Crippen molar-refractivity contribution in [3.05, 3.63) is 78.8 Å². The Kier molecular flexibility index (Phi) is 6.27. The van der Waals surface area contributed by atoms with Crippen molar-refractivity contribution in [3.8, 4) is 16.9 Å². The lowest BCUT2D eigenvalue weighted by molar-refractivity contribution is -0.123. The minimum absolute atomic E-state index is 0.0191. The molecule has 1 fully saturated rings. The molecular weight excluding hydrogens is 364 g/mol. The number of para-hydroxylation sites is 1. The van der Waals surface area contributed by atoms with Gasteiger partial charge in [-0.2, -0.15) is 0 Å². The van der Waals surface area contributed by atoms with Crippen LogP contribution in [0.2, 0.25) is 0 Å². The Morgan fingerprint density at radius 2 is 1.76 bits per heavy atom. The van der Waals surface area contributed by atoms with Crippen molar-refractivity contribution >= 4 is 5.91 Å². The topological polar surface area (TPSA) is 54.7 Å². The fourth-order valence-electron chi connectivity index (χ4n) is 3.80. The fourth-order valence-corrected chi connectivity index (χ4v) is 3.80. The van der Waals surface area contributed by atoms with Gasteiger partial charge in [-0.15, -0.1) is 0 Å². The summed E-state index contributed by atoms with van der Waals surface area (Å²) in [4.78, 5) is 14.8. The van der Waals surface area contributed by atoms with Gasteiger partial charge in [-0.05, 0) is 49.7 Å². The lowest BCUT2D eigenvalue weighted by Crippen LogP contribution is -2.38. The third kappa shape index (κ3) is 4.87. The molecule has 0 aliphatic carbocycles. The second-order valence-electron chi connectivity index (χ2n) is 7.23. The molecule has 1 N–H and O–H groups in total. The molecule has 5 nitrogen and oxygen atoms in total. The number of benzene rings is 2. The number of rotatable bonds is 8. The van der Waals surface area contributed by atoms with Crippen molar-refractivity contribution in [2.24, 2.45) is 0 Å². The maximum atomic E-state index is 12.5. The molecule has 1 aliphatic heterocycles. The molecule has 0 bridgehead atoms. The Morgan fingerprint density at radius 1 is 1.00 bits per heavy atom. The zero-order valence-electron chi connectivity index (χ0n) is 16.4. The summed E-state index contributed by atoms with van der Waals surface area (Å²) in [6.07, 6.45) is 4.05. The summed E-state index contributed by atoms with van der Waals surface area (Å²) in [5.41, 5.74) is 2.04. The van der Waals surface area contributed by atoms with Gasteiger partial charge in [0.15, 0.2) is 6.61 Å². The average molecular weight is 390 g/mol. The summed E-state index contributed by atoms with van der Waals surface area (Å²) in [7, 11) is 0. The number of carbonyl (C=O) groups is 1. The molecule has 1 saturated heterocycles. The normalized spacial score (nSPS) is 15.2. The van der Waals surface area contributed by atoms with E-state index in [-0.39, 0.29) is 18.6 Å². The van der Waals surface area contributed by atoms with Crippen molar-refractivity contribution < 1.29 is 13.9 Å². The average Bonchev–Trinajstić information content (AvgIpc) is 3.48. The molecule has 1 aromatic heterocycles. The first-order valence-corrected chi connectivity index (χ1v) is 10.1. The molecule has 2 aromatic carbocycles. The number of likely N-dealkylation sites (tertiary alicyclic amines) is 1. The number of amides is 1. The Bertz CT molecular complexity index is 903. The van der Waals surface area contributed by atoms with E-state index in [1.807, 2.05) is 66.7 Å². The third-order valence-electron chi connectivity index (χ3n) is 5.28. The van der Waals surface area contributed by atoms with E-state index in [1.165, 1.54) is 12.8 Å². The smallest absolute Gasteiger partial charge is 0.258 e. The molecule has 0 unspecified atom stereocenters. The molecule has 5 heteroatoms. The van der Waals surface area contributed by atoms with E-state index >= 15 is 0 Å². The summed E-state index contributed by atoms with van der Waals surface area (Å²) >= 11 is 0. The van der Waals surface area contributed by atoms with E-state index < -0.39 is 0 Å². The van der Waals surface area contributed by atoms with Gasteiger partial charge in [0.1, 0.15) is 11.5 Å². The molecule has 2 heterocycles. The molecule has 1 atom stereocenters. The van der Waals surface area contributed by atoms with E-state index in [0.29, 0.717) is 12.3 Å². The van der Waals surface area contributed by atoms with Crippen LogP contribution in [0.1, 0.15) is 24.6 Å². The summed E-state index contributed by atoms with van der Waals surface area (Å²) in [6, 6.07) is 21.7. The monoisotopic (exact) mass is 390 g/mol. The van der Waals surface area contributed by atoms with Crippen molar-refractivity contribution in [1.82, 2.24) is 10.2 Å². The number of hydrogen-bond acceptors (Lipinski definition) is 4. The van der Waals surface area contributed by atoms with Gasteiger partial charge in [0.25, 0.3) is 5.91 Å². The van der Waals surface area contributed by atoms with Gasteiger partial charge in [-0.1, -0.05) is 48.5 Å². The fraction of sp³-hybridized carbons (Fsp3) is 0.292. The first kappa shape index (κ1) is 19.3. The minimum atomic E-state index is -0.136. The summed E-state index contributed by atoms with van der Waals surface area (Å²) in [5.74, 6) is 1.46. The standard InChI is InChI=1S/C24H26N2O3/c27-24(25-17-21(23-13-8-16-28-23)26-14-6-7-15-26)18-29-22-12-5-4-11-20(22)19-9-2-1-3-10-19/h1-5,8-13,16,21H,6-7,14-15,17-18H2,(H,25,27)/t21-/m1/s1. The van der Waals surface area contributed by atoms with Crippen molar-refractivity contribution in [1.29, 1.82) is 0 Å². The van der Waals surface area contributed by atoms with Gasteiger partial charge in [-0.3, -0.25) is 9.69 Å². The van der Waals surface area contributed by atoms with E-state index in [4.69, 9.17) is 9.15 Å². The Labute approximate surface area is 171 Å². The van der Waals surface area contributed by atoms with Crippen LogP contribution in [0.5, 0.6) is 5.75 Å². The maximum Gasteiger partial charge on any atom is 0.258 e. The van der Waals surface area contributed by atoms with E-state index in [0.717, 1.165) is 30.0 Å². The molecule has 0 radical (unpaired) electrons. The number of furan rings is 1. The first-order chi connectivity index (χ1) is 14.3. The highest BCUT2D eigenvalue weighted by Gasteiger charge is 2.26. The number of ether oxygens (including phenoxy) is 1. The van der Waals surface area contributed by atoms with Gasteiger partial charge in [0.2, 0.25) is 0 Å². The zero-order chi connectivity index (χ0) is 19.9. The van der Waals surface area contributed by atoms with Crippen molar-refractivity contribution in [2.75, 3.05) is 26.2 Å². The largest absolute Gasteiger partial charge is 0.483 e. The predicted molar refractivity (Wildman–Crippen MR) is 113 cm³/mol. The number of nitrogens with zero attached hydrogens (tertiary/aromatic N) is 1. The lowest BCUT2D eigenvalue weighted by atomic mass is 10.1. The summed E-state index contributed by atoms with van der Waals surface area (Å²) < 4.78 is 11.5. The first-order valence-electron chi connectivity index (χ1n) is 10.1. The minimum Gasteiger partial charge on any atom is -0.483 e. The molecule has 1 amide bonds. The Morgan fingerprint density at radius 3 is 2.52 bits per heavy atom. The van der Waals surface area contributed by atoms with Crippen LogP contribution in [-0.2, 0) is 4.79 Å². The van der Waals surface area contributed by atoms with Crippen LogP contribution < -0.4 is 10.1 Å². The predicted octanol–water partition coefficient (Wildman–Crippen LogP) is 4.28. The molecule has 0 saturated carbocycles. The van der Waals surface area contributed by atoms with Crippen LogP contribution in [0.3, 0.4) is 0 Å². The van der Waals surface area contributed by atoms with Crippen LogP contribution >= 0.6 is 0 Å². The van der Waals surface area contributed by atoms with Crippen LogP contribution in [0, 0.1) is 0 Å². The Balaban J connectivity index is 1.36. The van der Waals surface area contributed by atoms with Crippen LogP contribution in [0.25, 0.3) is 11.1 Å². The highest BCUT2D eigenvalue weighted by atomic mass is 16.5. The third-order valence-corrected chi connectivity index (χ3v) is 5.28. The molecule has 4 rings (SSSR count). The molecule has 29 heavy (non-hydrogen) atoms. The van der Waals surface area contributed by atoms with Gasteiger partial charge < -0.3 is 14.5 Å². The van der Waals surface area contributed by atoms with Gasteiger partial charge in [-0.25, -0.2) is 0 Å². The van der Waals surface area contributed by atoms with E-state index in [1.54, 1.807) is 6.26 Å². The SMILES string of the molecule is O=C(COc1ccccc1-c1ccccc1)NC[C@H](c1ccco1)N1CCCC1. The van der Waals surface area contributed by atoms with Gasteiger partial charge in [0.05, 0.1) is 12.3 Å². The quantitative estimate of drug-likeness (QED) is 0.624. The number of hydrogen-bond donors (Lipinski definition) is 1. The van der Waals surface area contributed by atoms with E-state index in [2.05, 4.69) is 10.2 Å². The molecule has 3 aromatic rings. The van der Waals surface area contributed by atoms with Crippen LogP contribution in [-0.4, -0.2) is 37.0 Å². The van der Waals surface area contributed by atoms with Crippen LogP contribution in [0.15, 0.2) is 77.4 Å². The maximum absolute atomic E-state index is 12.5. The highest BCUT2D eigenvalue weighted by Crippen LogP contribution is 2.29. The summed E-state index contributed by atoms with van der Waals surface area (Å²) in [6.45, 7) is 2.55. The molecular formula is C24H26N2O3. The van der Waals surface area contributed by atoms with Gasteiger partial charge >= 0.3 is 0 Å². The van der Waals surface area contributed by atoms with E-state index in [9.17, 15) is 4.79 Å². The molecule has 0 spiro atoms. The van der Waals surface area contributed by atoms with Gasteiger partial charge in [0, 0.05) is 12.1 Å². The summed E-state index contributed by atoms with van der Waals surface area (Å²) in [5, 5.41) is 3.01. The second-order valence-corrected chi connectivity index (χ2v) is 7.23.